The highest BCUT2D eigenvalue weighted by Gasteiger charge is 2.29. The summed E-state index contributed by atoms with van der Waals surface area (Å²) in [5.74, 6) is -0.485. The summed E-state index contributed by atoms with van der Waals surface area (Å²) in [4.78, 5) is 24.6. The molecule has 1 unspecified atom stereocenters. The van der Waals surface area contributed by atoms with Crippen LogP contribution in [0, 0.1) is 5.41 Å². The average molecular weight is 592 g/mol. The second-order valence-corrected chi connectivity index (χ2v) is 10.9. The van der Waals surface area contributed by atoms with Crippen molar-refractivity contribution in [2.75, 3.05) is 26.4 Å². The summed E-state index contributed by atoms with van der Waals surface area (Å²) in [6.07, 6.45) is -0.647. The molecule has 230 valence electrons. The molecule has 42 heavy (non-hydrogen) atoms. The number of nitrogens with one attached hydrogen (secondary N) is 1. The molecule has 0 aliphatic carbocycles. The van der Waals surface area contributed by atoms with E-state index in [-0.39, 0.29) is 36.7 Å². The van der Waals surface area contributed by atoms with Gasteiger partial charge in [0, 0.05) is 30.7 Å². The zero-order valence-electron chi connectivity index (χ0n) is 24.6. The number of carbonyl (C=O) groups excluding carboxylic acids is 2. The highest BCUT2D eigenvalue weighted by molar-refractivity contribution is 6.05. The number of benzene rings is 2. The third kappa shape index (κ3) is 9.40. The zero-order chi connectivity index (χ0) is 30.9. The number of para-hydroxylation sites is 2. The molecule has 1 amide bonds. The van der Waals surface area contributed by atoms with E-state index in [1.807, 2.05) is 50.6 Å². The van der Waals surface area contributed by atoms with Gasteiger partial charge in [-0.2, -0.15) is 13.2 Å². The van der Waals surface area contributed by atoms with E-state index >= 15 is 0 Å². The number of fused-ring (bicyclic) bond motifs is 1. The number of nitrogens with zero attached hydrogens (tertiary/aromatic N) is 1. The summed E-state index contributed by atoms with van der Waals surface area (Å²) < 4.78 is 55.4. The Labute approximate surface area is 244 Å². The van der Waals surface area contributed by atoms with E-state index in [9.17, 15) is 22.8 Å². The molecule has 0 bridgehead atoms. The molecule has 1 aromatic heterocycles. The van der Waals surface area contributed by atoms with Gasteiger partial charge < -0.3 is 29.8 Å². The number of esters is 1. The number of nitrogens with two attached hydrogens (primary N) is 1. The van der Waals surface area contributed by atoms with E-state index in [0.717, 1.165) is 16.5 Å². The second-order valence-electron chi connectivity index (χ2n) is 10.9. The number of carbonyl (C=O) groups is 2. The number of primary amides is 1. The predicted octanol–water partition coefficient (Wildman–Crippen LogP) is 5.65. The lowest BCUT2D eigenvalue weighted by Gasteiger charge is -2.20. The number of ether oxygens (including phenoxy) is 3. The summed E-state index contributed by atoms with van der Waals surface area (Å²) >= 11 is 0. The van der Waals surface area contributed by atoms with Gasteiger partial charge in [0.1, 0.15) is 6.61 Å². The number of amides is 1. The number of aryl methyl sites for hydroxylation is 1. The maximum atomic E-state index is 12.5. The van der Waals surface area contributed by atoms with Crippen LogP contribution >= 0.6 is 0 Å². The smallest absolute Gasteiger partial charge is 0.422 e. The first kappa shape index (κ1) is 32.8. The summed E-state index contributed by atoms with van der Waals surface area (Å²) in [5.41, 5.74) is 7.32. The van der Waals surface area contributed by atoms with Crippen molar-refractivity contribution in [2.24, 2.45) is 11.1 Å². The minimum absolute atomic E-state index is 0.00708. The number of alkyl halides is 3. The summed E-state index contributed by atoms with van der Waals surface area (Å²) in [6.45, 7) is 7.76. The van der Waals surface area contributed by atoms with Crippen molar-refractivity contribution in [1.82, 2.24) is 9.88 Å². The molecular weight excluding hydrogens is 551 g/mol. The minimum atomic E-state index is -4.44. The molecule has 3 rings (SSSR count). The van der Waals surface area contributed by atoms with Crippen LogP contribution in [0.5, 0.6) is 11.5 Å². The Bertz CT molecular complexity index is 1350. The minimum Gasteiger partial charge on any atom is -0.488 e. The van der Waals surface area contributed by atoms with Gasteiger partial charge >= 0.3 is 12.1 Å². The molecular formula is C31H40F3N3O5. The Morgan fingerprint density at radius 3 is 2.38 bits per heavy atom. The molecule has 11 heteroatoms. The van der Waals surface area contributed by atoms with Gasteiger partial charge in [-0.3, -0.25) is 9.59 Å². The van der Waals surface area contributed by atoms with Crippen LogP contribution in [0.4, 0.5) is 13.2 Å². The Hall–Kier alpha value is -3.73. The molecule has 0 saturated heterocycles. The Balaban J connectivity index is 1.55. The lowest BCUT2D eigenvalue weighted by atomic mass is 9.91. The number of rotatable bonds is 16. The van der Waals surface area contributed by atoms with Crippen LogP contribution in [-0.2, 0) is 22.5 Å². The molecule has 1 atom stereocenters. The van der Waals surface area contributed by atoms with E-state index in [2.05, 4.69) is 5.32 Å². The van der Waals surface area contributed by atoms with Crippen molar-refractivity contribution in [2.45, 2.75) is 65.7 Å². The molecule has 0 fully saturated rings. The van der Waals surface area contributed by atoms with Gasteiger partial charge in [0.2, 0.25) is 0 Å². The lowest BCUT2D eigenvalue weighted by molar-refractivity contribution is -0.154. The predicted molar refractivity (Wildman–Crippen MR) is 155 cm³/mol. The third-order valence-corrected chi connectivity index (χ3v) is 7.03. The molecule has 2 aromatic carbocycles. The van der Waals surface area contributed by atoms with Gasteiger partial charge in [-0.15, -0.1) is 0 Å². The summed E-state index contributed by atoms with van der Waals surface area (Å²) in [7, 11) is 0. The number of hydrogen-bond acceptors (Lipinski definition) is 6. The van der Waals surface area contributed by atoms with Gasteiger partial charge in [0.05, 0.1) is 23.1 Å². The van der Waals surface area contributed by atoms with E-state index in [1.54, 1.807) is 24.3 Å². The second kappa shape index (κ2) is 14.4. The van der Waals surface area contributed by atoms with Crippen molar-refractivity contribution >= 4 is 22.8 Å². The van der Waals surface area contributed by atoms with Crippen LogP contribution in [0.1, 0.15) is 56.5 Å². The molecule has 0 saturated carbocycles. The lowest BCUT2D eigenvalue weighted by Crippen LogP contribution is -2.32. The largest absolute Gasteiger partial charge is 0.488 e. The monoisotopic (exact) mass is 591 g/mol. The average Bonchev–Trinajstić information content (AvgIpc) is 3.34. The fourth-order valence-electron chi connectivity index (χ4n) is 4.38. The fraction of sp³-hybridized carbons (Fsp3) is 0.484. The van der Waals surface area contributed by atoms with E-state index < -0.39 is 24.1 Å². The van der Waals surface area contributed by atoms with Crippen molar-refractivity contribution in [3.05, 3.63) is 59.8 Å². The van der Waals surface area contributed by atoms with Gasteiger partial charge in [0.25, 0.3) is 5.91 Å². The van der Waals surface area contributed by atoms with Crippen molar-refractivity contribution in [3.63, 3.8) is 0 Å². The van der Waals surface area contributed by atoms with Crippen molar-refractivity contribution in [1.29, 1.82) is 0 Å². The van der Waals surface area contributed by atoms with Crippen LogP contribution < -0.4 is 20.5 Å². The summed E-state index contributed by atoms with van der Waals surface area (Å²) in [6, 6.07) is 12.0. The van der Waals surface area contributed by atoms with E-state index in [4.69, 9.17) is 19.9 Å². The molecule has 0 aliphatic heterocycles. The number of halogens is 3. The highest BCUT2D eigenvalue weighted by Crippen LogP contribution is 2.28. The van der Waals surface area contributed by atoms with Gasteiger partial charge in [-0.25, -0.2) is 0 Å². The fourth-order valence-corrected chi connectivity index (χ4v) is 4.38. The Kier molecular flexibility index (Phi) is 11.3. The van der Waals surface area contributed by atoms with Gasteiger partial charge in [0.15, 0.2) is 18.1 Å². The normalized spacial score (nSPS) is 12.7. The molecule has 8 nitrogen and oxygen atoms in total. The first-order valence-corrected chi connectivity index (χ1v) is 14.0. The maximum absolute atomic E-state index is 12.5. The quantitative estimate of drug-likeness (QED) is 0.165. The third-order valence-electron chi connectivity index (χ3n) is 7.03. The molecule has 0 radical (unpaired) electrons. The van der Waals surface area contributed by atoms with Crippen LogP contribution in [0.2, 0.25) is 0 Å². The zero-order valence-corrected chi connectivity index (χ0v) is 24.6. The topological polar surface area (TPSA) is 105 Å². The first-order valence-electron chi connectivity index (χ1n) is 14.0. The molecule has 3 N–H and O–H groups in total. The highest BCUT2D eigenvalue weighted by atomic mass is 19.4. The SMILES string of the molecule is CCC(C)(C)C(=O)OCCCn1ccc2cc(CC(C)NCCOc3ccccc3OCC(F)(F)F)cc(C(N)=O)c21. The first-order chi connectivity index (χ1) is 19.8. The number of hydrogen-bond donors (Lipinski definition) is 2. The molecule has 3 aromatic rings. The van der Waals surface area contributed by atoms with Crippen LogP contribution in [0.25, 0.3) is 10.9 Å². The molecule has 1 heterocycles. The molecule has 0 aliphatic rings. The standard InChI is InChI=1S/C31H40F3N3O5/c1-5-30(3,4)29(39)41-15-8-13-37-14-11-23-18-22(19-24(27(23)37)28(35)38)17-21(2)36-12-16-40-25-9-6-7-10-26(25)42-20-31(32,33)34/h6-7,9-11,14,18-19,21,36H,5,8,12-13,15-17,20H2,1-4H3,(H2,35,38). The van der Waals surface area contributed by atoms with Gasteiger partial charge in [-0.05, 0) is 75.9 Å². The van der Waals surface area contributed by atoms with Crippen LogP contribution in [0.3, 0.4) is 0 Å². The van der Waals surface area contributed by atoms with E-state index in [1.165, 1.54) is 6.07 Å². The van der Waals surface area contributed by atoms with E-state index in [0.29, 0.717) is 37.9 Å². The van der Waals surface area contributed by atoms with Crippen LogP contribution in [-0.4, -0.2) is 55.0 Å². The molecule has 0 spiro atoms. The van der Waals surface area contributed by atoms with Crippen molar-refractivity contribution in [3.8, 4) is 11.5 Å². The summed E-state index contributed by atoms with van der Waals surface area (Å²) in [5, 5.41) is 4.21. The van der Waals surface area contributed by atoms with Crippen molar-refractivity contribution < 1.29 is 37.0 Å². The Morgan fingerprint density at radius 1 is 1.05 bits per heavy atom. The Morgan fingerprint density at radius 2 is 1.74 bits per heavy atom. The van der Waals surface area contributed by atoms with Gasteiger partial charge in [-0.1, -0.05) is 19.1 Å². The van der Waals surface area contributed by atoms with Crippen LogP contribution in [0.15, 0.2) is 48.7 Å². The maximum Gasteiger partial charge on any atom is 0.422 e. The number of aromatic nitrogens is 1.